The first kappa shape index (κ1) is 15.8. The molecule has 0 unspecified atom stereocenters. The van der Waals surface area contributed by atoms with Crippen molar-refractivity contribution < 1.29 is 14.7 Å². The van der Waals surface area contributed by atoms with Crippen molar-refractivity contribution in [2.75, 3.05) is 11.9 Å². The van der Waals surface area contributed by atoms with E-state index in [4.69, 9.17) is 15.7 Å². The van der Waals surface area contributed by atoms with Gasteiger partial charge in [0.05, 0.1) is 6.61 Å². The molecule has 1 aromatic carbocycles. The maximum absolute atomic E-state index is 12.1. The number of amides is 1. The van der Waals surface area contributed by atoms with E-state index in [2.05, 4.69) is 10.5 Å². The molecular weight excluding hydrogens is 258 g/mol. The maximum atomic E-state index is 12.1. The van der Waals surface area contributed by atoms with Gasteiger partial charge in [-0.2, -0.15) is 0 Å². The zero-order chi connectivity index (χ0) is 15.2. The van der Waals surface area contributed by atoms with Gasteiger partial charge in [-0.25, -0.2) is 0 Å². The van der Waals surface area contributed by atoms with Gasteiger partial charge in [0.25, 0.3) is 0 Å². The second-order valence-corrected chi connectivity index (χ2v) is 4.94. The molecule has 0 heterocycles. The SMILES string of the molecule is CCCOc1ccc(NC(=O)C(C)(C)C(N)=NO)cc1. The highest BCUT2D eigenvalue weighted by molar-refractivity contribution is 6.11. The summed E-state index contributed by atoms with van der Waals surface area (Å²) in [7, 11) is 0. The molecule has 0 saturated heterocycles. The van der Waals surface area contributed by atoms with Gasteiger partial charge in [-0.1, -0.05) is 12.1 Å². The number of oxime groups is 1. The number of carbonyl (C=O) groups is 1. The van der Waals surface area contributed by atoms with Crippen molar-refractivity contribution in [1.29, 1.82) is 0 Å². The third-order valence-electron chi connectivity index (χ3n) is 2.90. The Labute approximate surface area is 118 Å². The second kappa shape index (κ2) is 6.79. The zero-order valence-electron chi connectivity index (χ0n) is 12.0. The minimum Gasteiger partial charge on any atom is -0.494 e. The smallest absolute Gasteiger partial charge is 0.237 e. The molecule has 6 heteroatoms. The average molecular weight is 279 g/mol. The summed E-state index contributed by atoms with van der Waals surface area (Å²) in [6.45, 7) is 5.85. The van der Waals surface area contributed by atoms with Crippen molar-refractivity contribution in [3.05, 3.63) is 24.3 Å². The quantitative estimate of drug-likeness (QED) is 0.322. The van der Waals surface area contributed by atoms with Crippen LogP contribution in [-0.2, 0) is 4.79 Å². The minimum absolute atomic E-state index is 0.141. The standard InChI is InChI=1S/C14H21N3O3/c1-4-9-20-11-7-5-10(6-8-11)16-13(18)14(2,3)12(15)17-19/h5-8,19H,4,9H2,1-3H3,(H2,15,17)(H,16,18). The molecule has 0 radical (unpaired) electrons. The molecule has 0 spiro atoms. The Morgan fingerprint density at radius 3 is 2.50 bits per heavy atom. The van der Waals surface area contributed by atoms with Crippen molar-refractivity contribution in [1.82, 2.24) is 0 Å². The predicted octanol–water partition coefficient (Wildman–Crippen LogP) is 2.19. The van der Waals surface area contributed by atoms with Crippen LogP contribution < -0.4 is 15.8 Å². The summed E-state index contributed by atoms with van der Waals surface area (Å²) >= 11 is 0. The first-order chi connectivity index (χ1) is 9.41. The van der Waals surface area contributed by atoms with Crippen LogP contribution >= 0.6 is 0 Å². The van der Waals surface area contributed by atoms with E-state index in [1.165, 1.54) is 0 Å². The molecular formula is C14H21N3O3. The molecule has 6 nitrogen and oxygen atoms in total. The number of ether oxygens (including phenoxy) is 1. The van der Waals surface area contributed by atoms with Crippen molar-refractivity contribution in [3.8, 4) is 5.75 Å². The highest BCUT2D eigenvalue weighted by Crippen LogP contribution is 2.21. The van der Waals surface area contributed by atoms with Gasteiger partial charge >= 0.3 is 0 Å². The molecule has 1 aromatic rings. The number of benzene rings is 1. The fraction of sp³-hybridized carbons (Fsp3) is 0.429. The van der Waals surface area contributed by atoms with E-state index in [9.17, 15) is 4.79 Å². The average Bonchev–Trinajstić information content (AvgIpc) is 2.45. The molecule has 0 atom stereocenters. The summed E-state index contributed by atoms with van der Waals surface area (Å²) in [5, 5.41) is 14.3. The van der Waals surface area contributed by atoms with Gasteiger partial charge in [0.15, 0.2) is 5.84 Å². The molecule has 1 rings (SSSR count). The summed E-state index contributed by atoms with van der Waals surface area (Å²) in [6.07, 6.45) is 0.937. The largest absolute Gasteiger partial charge is 0.494 e. The molecule has 4 N–H and O–H groups in total. The molecule has 0 fully saturated rings. The van der Waals surface area contributed by atoms with Crippen molar-refractivity contribution in [2.24, 2.45) is 16.3 Å². The lowest BCUT2D eigenvalue weighted by molar-refractivity contribution is -0.121. The van der Waals surface area contributed by atoms with Gasteiger partial charge in [0.2, 0.25) is 5.91 Å². The molecule has 0 saturated carbocycles. The number of hydrogen-bond acceptors (Lipinski definition) is 4. The van der Waals surface area contributed by atoms with Crippen LogP contribution in [0.25, 0.3) is 0 Å². The van der Waals surface area contributed by atoms with Gasteiger partial charge in [0, 0.05) is 5.69 Å². The number of amidine groups is 1. The Morgan fingerprint density at radius 1 is 1.40 bits per heavy atom. The number of anilines is 1. The van der Waals surface area contributed by atoms with Gasteiger partial charge in [0.1, 0.15) is 11.2 Å². The van der Waals surface area contributed by atoms with Crippen LogP contribution in [0.15, 0.2) is 29.4 Å². The molecule has 0 aliphatic carbocycles. The third kappa shape index (κ3) is 3.88. The zero-order valence-corrected chi connectivity index (χ0v) is 12.0. The monoisotopic (exact) mass is 279 g/mol. The third-order valence-corrected chi connectivity index (χ3v) is 2.90. The van der Waals surface area contributed by atoms with Crippen LogP contribution in [0.3, 0.4) is 0 Å². The minimum atomic E-state index is -1.09. The van der Waals surface area contributed by atoms with Crippen LogP contribution in [0, 0.1) is 5.41 Å². The van der Waals surface area contributed by atoms with Gasteiger partial charge in [-0.3, -0.25) is 4.79 Å². The Balaban J connectivity index is 2.71. The van der Waals surface area contributed by atoms with E-state index >= 15 is 0 Å². The molecule has 110 valence electrons. The Hall–Kier alpha value is -2.24. The summed E-state index contributed by atoms with van der Waals surface area (Å²) < 4.78 is 5.45. The van der Waals surface area contributed by atoms with Crippen molar-refractivity contribution in [3.63, 3.8) is 0 Å². The van der Waals surface area contributed by atoms with E-state index in [0.29, 0.717) is 12.3 Å². The van der Waals surface area contributed by atoms with E-state index < -0.39 is 5.41 Å². The molecule has 0 aliphatic heterocycles. The summed E-state index contributed by atoms with van der Waals surface area (Å²) in [4.78, 5) is 12.1. The summed E-state index contributed by atoms with van der Waals surface area (Å²) in [5.74, 6) is 0.258. The topological polar surface area (TPSA) is 96.9 Å². The fourth-order valence-electron chi connectivity index (χ4n) is 1.38. The number of nitrogens with two attached hydrogens (primary N) is 1. The van der Waals surface area contributed by atoms with Crippen LogP contribution in [0.2, 0.25) is 0 Å². The van der Waals surface area contributed by atoms with Gasteiger partial charge in [-0.15, -0.1) is 0 Å². The highest BCUT2D eigenvalue weighted by atomic mass is 16.5. The second-order valence-electron chi connectivity index (χ2n) is 4.94. The van der Waals surface area contributed by atoms with E-state index in [-0.39, 0.29) is 11.7 Å². The first-order valence-corrected chi connectivity index (χ1v) is 6.44. The van der Waals surface area contributed by atoms with Crippen LogP contribution in [0.4, 0.5) is 5.69 Å². The molecule has 0 aromatic heterocycles. The lowest BCUT2D eigenvalue weighted by Crippen LogP contribution is -2.42. The van der Waals surface area contributed by atoms with Crippen LogP contribution in [0.5, 0.6) is 5.75 Å². The first-order valence-electron chi connectivity index (χ1n) is 6.44. The van der Waals surface area contributed by atoms with E-state index in [0.717, 1.165) is 12.2 Å². The number of nitrogens with one attached hydrogen (secondary N) is 1. The summed E-state index contributed by atoms with van der Waals surface area (Å²) in [6, 6.07) is 7.04. The van der Waals surface area contributed by atoms with Crippen LogP contribution in [0.1, 0.15) is 27.2 Å². The maximum Gasteiger partial charge on any atom is 0.237 e. The normalized spacial score (nSPS) is 12.1. The van der Waals surface area contributed by atoms with Gasteiger partial charge < -0.3 is 21.0 Å². The Morgan fingerprint density at radius 2 is 2.00 bits per heavy atom. The number of nitrogens with zero attached hydrogens (tertiary/aromatic N) is 1. The Bertz CT molecular complexity index is 481. The predicted molar refractivity (Wildman–Crippen MR) is 78.0 cm³/mol. The number of hydrogen-bond donors (Lipinski definition) is 3. The summed E-state index contributed by atoms with van der Waals surface area (Å²) in [5.41, 5.74) is 5.04. The number of rotatable bonds is 6. The van der Waals surface area contributed by atoms with Gasteiger partial charge in [-0.05, 0) is 44.5 Å². The van der Waals surface area contributed by atoms with E-state index in [1.807, 2.05) is 6.92 Å². The van der Waals surface area contributed by atoms with Crippen molar-refractivity contribution >= 4 is 17.4 Å². The Kier molecular flexibility index (Phi) is 5.37. The molecule has 1 amide bonds. The van der Waals surface area contributed by atoms with Crippen LogP contribution in [-0.4, -0.2) is 23.6 Å². The van der Waals surface area contributed by atoms with Crippen molar-refractivity contribution in [2.45, 2.75) is 27.2 Å². The number of carbonyl (C=O) groups excluding carboxylic acids is 1. The lowest BCUT2D eigenvalue weighted by atomic mass is 9.91. The molecule has 0 bridgehead atoms. The highest BCUT2D eigenvalue weighted by Gasteiger charge is 2.32. The lowest BCUT2D eigenvalue weighted by Gasteiger charge is -2.21. The fourth-order valence-corrected chi connectivity index (χ4v) is 1.38. The molecule has 20 heavy (non-hydrogen) atoms. The van der Waals surface area contributed by atoms with E-state index in [1.54, 1.807) is 38.1 Å². The molecule has 0 aliphatic rings.